The topological polar surface area (TPSA) is 71.6 Å². The molecule has 0 atom stereocenters. The second-order valence-corrected chi connectivity index (χ2v) is 5.75. The first-order chi connectivity index (χ1) is 11.6. The van der Waals surface area contributed by atoms with Crippen molar-refractivity contribution in [1.82, 2.24) is 10.9 Å². The monoisotopic (exact) mass is 363 g/mol. The number of amides is 1. The Kier molecular flexibility index (Phi) is 5.02. The third kappa shape index (κ3) is 4.06. The lowest BCUT2D eigenvalue weighted by Crippen LogP contribution is -2.43. The fourth-order valence-corrected chi connectivity index (χ4v) is 2.46. The molecule has 0 aliphatic carbocycles. The van der Waals surface area contributed by atoms with E-state index < -0.39 is 0 Å². The standard InChI is InChI=1S/C16H14ClN3O3S/c17-11-2-1-3-12(9-11)18-16(24)20-19-15(21)10-4-5-13-14(8-10)23-7-6-22-13/h1-5,8-9H,6-7H2,(H,19,21)(H2,18,20,24). The summed E-state index contributed by atoms with van der Waals surface area (Å²) >= 11 is 11.0. The molecule has 2 aromatic carbocycles. The summed E-state index contributed by atoms with van der Waals surface area (Å²) in [6, 6.07) is 12.1. The van der Waals surface area contributed by atoms with Gasteiger partial charge in [-0.3, -0.25) is 15.6 Å². The number of anilines is 1. The lowest BCUT2D eigenvalue weighted by Gasteiger charge is -2.19. The molecule has 0 spiro atoms. The van der Waals surface area contributed by atoms with Crippen molar-refractivity contribution in [2.24, 2.45) is 0 Å². The van der Waals surface area contributed by atoms with Gasteiger partial charge < -0.3 is 14.8 Å². The van der Waals surface area contributed by atoms with E-state index in [0.717, 1.165) is 0 Å². The molecule has 0 radical (unpaired) electrons. The van der Waals surface area contributed by atoms with Gasteiger partial charge in [0.2, 0.25) is 0 Å². The number of ether oxygens (including phenoxy) is 2. The lowest BCUT2D eigenvalue weighted by molar-refractivity contribution is 0.0943. The Morgan fingerprint density at radius 3 is 2.62 bits per heavy atom. The molecule has 0 saturated heterocycles. The van der Waals surface area contributed by atoms with Crippen molar-refractivity contribution in [3.63, 3.8) is 0 Å². The summed E-state index contributed by atoms with van der Waals surface area (Å²) in [5, 5.41) is 3.74. The molecule has 1 aliphatic rings. The number of benzene rings is 2. The molecule has 3 rings (SSSR count). The first-order valence-corrected chi connectivity index (χ1v) is 7.93. The second kappa shape index (κ2) is 7.37. The molecule has 6 nitrogen and oxygen atoms in total. The van der Waals surface area contributed by atoms with E-state index in [1.54, 1.807) is 36.4 Å². The summed E-state index contributed by atoms with van der Waals surface area (Å²) in [5.41, 5.74) is 6.30. The van der Waals surface area contributed by atoms with Gasteiger partial charge in [0, 0.05) is 16.3 Å². The number of nitrogens with one attached hydrogen (secondary N) is 3. The van der Waals surface area contributed by atoms with Gasteiger partial charge in [-0.1, -0.05) is 17.7 Å². The molecule has 124 valence electrons. The van der Waals surface area contributed by atoms with Gasteiger partial charge in [0.15, 0.2) is 16.6 Å². The Morgan fingerprint density at radius 2 is 1.83 bits per heavy atom. The fourth-order valence-electron chi connectivity index (χ4n) is 2.10. The van der Waals surface area contributed by atoms with Crippen LogP contribution >= 0.6 is 23.8 Å². The molecule has 0 saturated carbocycles. The zero-order chi connectivity index (χ0) is 16.9. The number of fused-ring (bicyclic) bond motifs is 1. The van der Waals surface area contributed by atoms with E-state index in [2.05, 4.69) is 16.2 Å². The highest BCUT2D eigenvalue weighted by Gasteiger charge is 2.15. The Balaban J connectivity index is 1.56. The molecule has 1 aliphatic heterocycles. The molecule has 0 unspecified atom stereocenters. The highest BCUT2D eigenvalue weighted by atomic mass is 35.5. The predicted octanol–water partition coefficient (Wildman–Crippen LogP) is 2.74. The zero-order valence-electron chi connectivity index (χ0n) is 12.5. The Morgan fingerprint density at radius 1 is 1.04 bits per heavy atom. The number of rotatable bonds is 2. The maximum atomic E-state index is 12.2. The third-order valence-corrected chi connectivity index (χ3v) is 3.62. The van der Waals surface area contributed by atoms with E-state index in [9.17, 15) is 4.79 Å². The normalized spacial score (nSPS) is 12.2. The molecule has 1 amide bonds. The van der Waals surface area contributed by atoms with Crippen LogP contribution in [0.1, 0.15) is 10.4 Å². The van der Waals surface area contributed by atoms with E-state index in [1.165, 1.54) is 0 Å². The van der Waals surface area contributed by atoms with Gasteiger partial charge in [-0.15, -0.1) is 0 Å². The molecular formula is C16H14ClN3O3S. The van der Waals surface area contributed by atoms with Crippen LogP contribution < -0.4 is 25.6 Å². The van der Waals surface area contributed by atoms with Gasteiger partial charge in [0.25, 0.3) is 5.91 Å². The summed E-state index contributed by atoms with van der Waals surface area (Å²) in [6.45, 7) is 0.966. The van der Waals surface area contributed by atoms with Gasteiger partial charge in [0.05, 0.1) is 0 Å². The summed E-state index contributed by atoms with van der Waals surface area (Å²) in [4.78, 5) is 12.2. The molecule has 3 N–H and O–H groups in total. The number of halogens is 1. The summed E-state index contributed by atoms with van der Waals surface area (Å²) in [6.07, 6.45) is 0. The summed E-state index contributed by atoms with van der Waals surface area (Å²) < 4.78 is 10.9. The summed E-state index contributed by atoms with van der Waals surface area (Å²) in [5.74, 6) is 0.833. The average Bonchev–Trinajstić information content (AvgIpc) is 2.59. The van der Waals surface area contributed by atoms with Crippen LogP contribution in [-0.4, -0.2) is 24.2 Å². The van der Waals surface area contributed by atoms with E-state index in [0.29, 0.717) is 41.0 Å². The largest absolute Gasteiger partial charge is 0.486 e. The van der Waals surface area contributed by atoms with Crippen molar-refractivity contribution in [2.75, 3.05) is 18.5 Å². The molecule has 8 heteroatoms. The van der Waals surface area contributed by atoms with Crippen molar-refractivity contribution in [1.29, 1.82) is 0 Å². The smallest absolute Gasteiger partial charge is 0.269 e. The Hall–Kier alpha value is -2.51. The van der Waals surface area contributed by atoms with Gasteiger partial charge in [-0.25, -0.2) is 0 Å². The van der Waals surface area contributed by atoms with Crippen molar-refractivity contribution in [3.8, 4) is 11.5 Å². The number of hydrazine groups is 1. The van der Waals surface area contributed by atoms with E-state index in [1.807, 2.05) is 6.07 Å². The zero-order valence-corrected chi connectivity index (χ0v) is 14.0. The average molecular weight is 364 g/mol. The highest BCUT2D eigenvalue weighted by Crippen LogP contribution is 2.30. The quantitative estimate of drug-likeness (QED) is 0.563. The third-order valence-electron chi connectivity index (χ3n) is 3.18. The number of carbonyl (C=O) groups excluding carboxylic acids is 1. The van der Waals surface area contributed by atoms with Crippen LogP contribution in [0.25, 0.3) is 0 Å². The maximum absolute atomic E-state index is 12.2. The van der Waals surface area contributed by atoms with Gasteiger partial charge >= 0.3 is 0 Å². The summed E-state index contributed by atoms with van der Waals surface area (Å²) in [7, 11) is 0. The van der Waals surface area contributed by atoms with Gasteiger partial charge in [-0.2, -0.15) is 0 Å². The molecule has 24 heavy (non-hydrogen) atoms. The molecule has 0 fully saturated rings. The van der Waals surface area contributed by atoms with Gasteiger partial charge in [0.1, 0.15) is 13.2 Å². The fraction of sp³-hybridized carbons (Fsp3) is 0.125. The number of hydrogen-bond donors (Lipinski definition) is 3. The van der Waals surface area contributed by atoms with Crippen LogP contribution in [0.5, 0.6) is 11.5 Å². The van der Waals surface area contributed by atoms with Gasteiger partial charge in [-0.05, 0) is 48.6 Å². The van der Waals surface area contributed by atoms with Crippen LogP contribution in [0.3, 0.4) is 0 Å². The highest BCUT2D eigenvalue weighted by molar-refractivity contribution is 7.80. The van der Waals surface area contributed by atoms with Crippen LogP contribution in [0.15, 0.2) is 42.5 Å². The van der Waals surface area contributed by atoms with E-state index in [-0.39, 0.29) is 11.0 Å². The first-order valence-electron chi connectivity index (χ1n) is 7.14. The predicted molar refractivity (Wildman–Crippen MR) is 95.7 cm³/mol. The van der Waals surface area contributed by atoms with Crippen LogP contribution in [0.2, 0.25) is 5.02 Å². The molecule has 0 bridgehead atoms. The first kappa shape index (κ1) is 16.4. The Bertz CT molecular complexity index is 785. The molecule has 0 aromatic heterocycles. The van der Waals surface area contributed by atoms with Crippen LogP contribution in [0.4, 0.5) is 5.69 Å². The van der Waals surface area contributed by atoms with Crippen LogP contribution in [0, 0.1) is 0 Å². The maximum Gasteiger partial charge on any atom is 0.269 e. The lowest BCUT2D eigenvalue weighted by atomic mass is 10.2. The molecular weight excluding hydrogens is 350 g/mol. The minimum Gasteiger partial charge on any atom is -0.486 e. The second-order valence-electron chi connectivity index (χ2n) is 4.90. The minimum atomic E-state index is -0.345. The van der Waals surface area contributed by atoms with E-state index >= 15 is 0 Å². The van der Waals surface area contributed by atoms with Crippen molar-refractivity contribution in [3.05, 3.63) is 53.1 Å². The van der Waals surface area contributed by atoms with Crippen molar-refractivity contribution >= 4 is 40.5 Å². The Labute approximate surface area is 149 Å². The number of carbonyl (C=O) groups is 1. The molecule has 2 aromatic rings. The minimum absolute atomic E-state index is 0.239. The number of hydrogen-bond acceptors (Lipinski definition) is 4. The van der Waals surface area contributed by atoms with Crippen LogP contribution in [-0.2, 0) is 0 Å². The van der Waals surface area contributed by atoms with Crippen molar-refractivity contribution < 1.29 is 14.3 Å². The SMILES string of the molecule is O=C(NNC(=S)Nc1cccc(Cl)c1)c1ccc2c(c1)OCCO2. The van der Waals surface area contributed by atoms with Crippen molar-refractivity contribution in [2.45, 2.75) is 0 Å². The molecule has 1 heterocycles. The van der Waals surface area contributed by atoms with E-state index in [4.69, 9.17) is 33.3 Å². The number of thiocarbonyl (C=S) groups is 1.